The van der Waals surface area contributed by atoms with Gasteiger partial charge in [0.25, 0.3) is 11.4 Å². The molecule has 470 valence electrons. The third kappa shape index (κ3) is 14.5. The number of rotatable bonds is 21. The highest BCUT2D eigenvalue weighted by Gasteiger charge is 2.47. The zero-order chi connectivity index (χ0) is 63.6. The van der Waals surface area contributed by atoms with Crippen molar-refractivity contribution in [3.8, 4) is 10.4 Å². The maximum Gasteiger partial charge on any atom is 0.396 e. The summed E-state index contributed by atoms with van der Waals surface area (Å²) in [5, 5.41) is 23.0. The van der Waals surface area contributed by atoms with E-state index in [2.05, 4.69) is 36.1 Å². The number of nitrogens with two attached hydrogens (primary N) is 1. The number of aryl methyl sites for hydroxylation is 2. The van der Waals surface area contributed by atoms with Crippen LogP contribution < -0.4 is 36.8 Å². The number of para-hydroxylation sites is 1. The predicted octanol–water partition coefficient (Wildman–Crippen LogP) is 5.30. The first-order chi connectivity index (χ1) is 42.3. The molecule has 6 heterocycles. The first-order valence-corrected chi connectivity index (χ1v) is 32.4. The highest BCUT2D eigenvalue weighted by Crippen LogP contribution is 2.41. The van der Waals surface area contributed by atoms with E-state index in [9.17, 15) is 57.8 Å². The summed E-state index contributed by atoms with van der Waals surface area (Å²) in [5.41, 5.74) is 12.4. The van der Waals surface area contributed by atoms with E-state index < -0.39 is 90.5 Å². The number of carbonyl (C=O) groups is 8. The molecule has 4 aromatic carbocycles. The van der Waals surface area contributed by atoms with E-state index in [4.69, 9.17) is 10.5 Å². The standard InChI is InChI=1S/C64H75N10O13PS/c1-35-55(89-34-67-35)40-13-9-37(10-14-40)31-66-59(79)51-30-46(75)32-73(51)62(82)56(64(3,4)5)71-57(77)41-23-25-72(26-24-41)45-17-11-38(12-18-45)33-87-36(2)47(21-22-53(65)76)69-60(80)52-29-42-8-6-7-39-15-20-49(61(81)74(52)54(39)42)70-58(78)50-28-44-27-43(16-19-48(44)68-50)63(83)88(84,85)86/h6-14,16-19,27-28,34,36,41,46-47,49,51-52,56,68,75H,15,20-26,29-33H2,1-5H3,(H2,65,76)(H,66,79)(H,69,80)(H,70,78)(H,71,77)(H2,84,85,86)/t36-,46-,47+,49+,51+,52+,56-/m1/s1. The van der Waals surface area contributed by atoms with E-state index in [1.807, 2.05) is 94.4 Å². The van der Waals surface area contributed by atoms with Crippen molar-refractivity contribution in [3.63, 3.8) is 0 Å². The monoisotopic (exact) mass is 1250 g/mol. The Morgan fingerprint density at radius 2 is 1.58 bits per heavy atom. The molecule has 0 radical (unpaired) electrons. The van der Waals surface area contributed by atoms with Gasteiger partial charge in [-0.1, -0.05) is 75.4 Å². The maximum atomic E-state index is 14.6. The molecule has 7 amide bonds. The summed E-state index contributed by atoms with van der Waals surface area (Å²) in [4.78, 5) is 142. The van der Waals surface area contributed by atoms with Gasteiger partial charge in [0, 0.05) is 73.5 Å². The molecule has 2 saturated heterocycles. The second-order valence-electron chi connectivity index (χ2n) is 24.7. The number of H-pyrrole nitrogens is 1. The molecule has 89 heavy (non-hydrogen) atoms. The van der Waals surface area contributed by atoms with Crippen LogP contribution in [0.25, 0.3) is 21.3 Å². The number of hydrogen-bond donors (Lipinski definition) is 9. The van der Waals surface area contributed by atoms with Crippen molar-refractivity contribution >= 4 is 88.1 Å². The average Bonchev–Trinajstić information content (AvgIpc) is 1.99. The lowest BCUT2D eigenvalue weighted by Crippen LogP contribution is -2.58. The number of fused-ring (bicyclic) bond motifs is 1. The van der Waals surface area contributed by atoms with E-state index in [1.54, 1.807) is 23.8 Å². The van der Waals surface area contributed by atoms with Crippen molar-refractivity contribution in [2.24, 2.45) is 17.1 Å². The molecular weight excluding hydrogens is 1180 g/mol. The van der Waals surface area contributed by atoms with E-state index in [0.29, 0.717) is 48.9 Å². The first kappa shape index (κ1) is 63.9. The number of amides is 7. The third-order valence-electron chi connectivity index (χ3n) is 17.4. The fraction of sp³-hybridized carbons (Fsp3) is 0.422. The summed E-state index contributed by atoms with van der Waals surface area (Å²) in [6.45, 7) is 10.8. The van der Waals surface area contributed by atoms with Gasteiger partial charge < -0.3 is 61.4 Å². The zero-order valence-electron chi connectivity index (χ0n) is 50.2. The second kappa shape index (κ2) is 26.5. The number of hydrogen-bond acceptors (Lipinski definition) is 14. The molecule has 6 aromatic rings. The Morgan fingerprint density at radius 1 is 0.876 bits per heavy atom. The molecule has 10 rings (SSSR count). The van der Waals surface area contributed by atoms with Crippen LogP contribution in [0.2, 0.25) is 0 Å². The SMILES string of the molecule is Cc1ncsc1-c1ccc(CNC(=O)[C@@H]2C[C@@H](O)CN2C(=O)[C@@H](NC(=O)C2CCN(c3ccc(CO[C@H](C)[C@H](CCC(N)=O)NC(=O)[C@@H]4Cc5cccc6c5N4C(=O)[C@@H](NC(=O)c4cc5cc(C(=O)P(=O)(O)O)ccc5[nH]4)CC6)cc3)CC2)C(C)(C)C)cc1. The van der Waals surface area contributed by atoms with E-state index >= 15 is 0 Å². The number of nitrogens with zero attached hydrogens (tertiary/aromatic N) is 4. The highest BCUT2D eigenvalue weighted by atomic mass is 32.1. The molecule has 2 fully saturated rings. The van der Waals surface area contributed by atoms with Crippen molar-refractivity contribution in [2.45, 2.75) is 142 Å². The molecule has 25 heteroatoms. The molecule has 10 N–H and O–H groups in total. The molecule has 23 nitrogen and oxygen atoms in total. The average molecular weight is 1260 g/mol. The normalized spacial score (nSPS) is 19.7. The van der Waals surface area contributed by atoms with Crippen LogP contribution in [-0.2, 0) is 64.1 Å². The number of aliphatic hydroxyl groups is 1. The van der Waals surface area contributed by atoms with Crippen LogP contribution in [-0.4, -0.2) is 139 Å². The van der Waals surface area contributed by atoms with Gasteiger partial charge in [-0.25, -0.2) is 4.98 Å². The minimum Gasteiger partial charge on any atom is -0.391 e. The molecule has 0 aliphatic carbocycles. The lowest BCUT2D eigenvalue weighted by molar-refractivity contribution is -0.144. The molecule has 0 bridgehead atoms. The van der Waals surface area contributed by atoms with Crippen molar-refractivity contribution < 1.29 is 62.6 Å². The summed E-state index contributed by atoms with van der Waals surface area (Å²) in [7, 11) is -5.06. The van der Waals surface area contributed by atoms with E-state index in [1.165, 1.54) is 34.1 Å². The van der Waals surface area contributed by atoms with Gasteiger partial charge in [0.15, 0.2) is 0 Å². The summed E-state index contributed by atoms with van der Waals surface area (Å²) < 4.78 is 18.0. The van der Waals surface area contributed by atoms with Crippen LogP contribution in [0.3, 0.4) is 0 Å². The second-order valence-corrected chi connectivity index (χ2v) is 27.1. The number of primary amides is 1. The Balaban J connectivity index is 0.718. The van der Waals surface area contributed by atoms with Gasteiger partial charge in [0.1, 0.15) is 29.9 Å². The number of aliphatic hydroxyl groups excluding tert-OH is 1. The highest BCUT2D eigenvalue weighted by molar-refractivity contribution is 7.70. The largest absolute Gasteiger partial charge is 0.396 e. The number of thiazole rings is 1. The summed E-state index contributed by atoms with van der Waals surface area (Å²) in [6.07, 6.45) is 0.504. The lowest BCUT2D eigenvalue weighted by Gasteiger charge is -2.37. The van der Waals surface area contributed by atoms with Crippen LogP contribution in [0.4, 0.5) is 11.4 Å². The molecule has 0 saturated carbocycles. The number of anilines is 2. The lowest BCUT2D eigenvalue weighted by atomic mass is 9.84. The third-order valence-corrected chi connectivity index (χ3v) is 19.1. The number of piperidine rings is 1. The smallest absolute Gasteiger partial charge is 0.391 e. The summed E-state index contributed by atoms with van der Waals surface area (Å²) >= 11 is 1.56. The Hall–Kier alpha value is -8.12. The number of ether oxygens (including phenoxy) is 1. The molecule has 0 unspecified atom stereocenters. The first-order valence-electron chi connectivity index (χ1n) is 29.9. The number of aromatic amines is 1. The number of β-amino-alcohol motifs (C(OH)–C–C–N with tert-alkyl or cyclic N) is 1. The predicted molar refractivity (Wildman–Crippen MR) is 333 cm³/mol. The quantitative estimate of drug-likeness (QED) is 0.0413. The van der Waals surface area contributed by atoms with Crippen molar-refractivity contribution in [2.75, 3.05) is 29.4 Å². The van der Waals surface area contributed by atoms with Crippen LogP contribution in [0, 0.1) is 18.3 Å². The molecule has 2 aromatic heterocycles. The summed E-state index contributed by atoms with van der Waals surface area (Å²) in [5.74, 6) is -3.63. The minimum absolute atomic E-state index is 0.0303. The van der Waals surface area contributed by atoms with Gasteiger partial charge >= 0.3 is 7.60 Å². The number of benzene rings is 4. The number of likely N-dealkylation sites (tertiary alicyclic amines) is 1. The number of carbonyl (C=O) groups excluding carboxylic acids is 8. The summed E-state index contributed by atoms with van der Waals surface area (Å²) in [6, 6.07) is 21.9. The number of nitrogens with one attached hydrogen (secondary N) is 5. The van der Waals surface area contributed by atoms with Crippen molar-refractivity contribution in [1.82, 2.24) is 36.1 Å². The molecular formula is C64H75N10O13PS. The Bertz CT molecular complexity index is 3740. The van der Waals surface area contributed by atoms with Crippen molar-refractivity contribution in [3.05, 3.63) is 136 Å². The van der Waals surface area contributed by atoms with Gasteiger partial charge in [0.2, 0.25) is 35.4 Å². The van der Waals surface area contributed by atoms with E-state index in [-0.39, 0.29) is 80.8 Å². The van der Waals surface area contributed by atoms with Crippen LogP contribution in [0.1, 0.15) is 115 Å². The Morgan fingerprint density at radius 3 is 2.26 bits per heavy atom. The topological polar surface area (TPSA) is 336 Å². The van der Waals surface area contributed by atoms with Gasteiger partial charge in [-0.3, -0.25) is 47.8 Å². The van der Waals surface area contributed by atoms with Gasteiger partial charge in [-0.05, 0) is 116 Å². The maximum absolute atomic E-state index is 14.6. The zero-order valence-corrected chi connectivity index (χ0v) is 51.9. The van der Waals surface area contributed by atoms with Crippen LogP contribution in [0.15, 0.2) is 96.5 Å². The number of aromatic nitrogens is 2. The molecule has 0 spiro atoms. The van der Waals surface area contributed by atoms with E-state index in [0.717, 1.165) is 44.1 Å². The minimum atomic E-state index is -5.06. The van der Waals surface area contributed by atoms with Gasteiger partial charge in [-0.15, -0.1) is 11.3 Å². The molecule has 4 aliphatic heterocycles. The van der Waals surface area contributed by atoms with Gasteiger partial charge in [-0.2, -0.15) is 0 Å². The van der Waals surface area contributed by atoms with Crippen LogP contribution in [0.5, 0.6) is 0 Å². The fourth-order valence-corrected chi connectivity index (χ4v) is 13.6. The molecule has 7 atom stereocenters. The van der Waals surface area contributed by atoms with Crippen molar-refractivity contribution in [1.29, 1.82) is 0 Å². The van der Waals surface area contributed by atoms with Crippen LogP contribution >= 0.6 is 18.9 Å². The molecule has 4 aliphatic rings. The Kier molecular flexibility index (Phi) is 19.0. The van der Waals surface area contributed by atoms with Gasteiger partial charge in [0.05, 0.1) is 46.6 Å². The Labute approximate surface area is 518 Å². The fourth-order valence-electron chi connectivity index (χ4n) is 12.4.